The van der Waals surface area contributed by atoms with Gasteiger partial charge in [0.2, 0.25) is 0 Å². The highest BCUT2D eigenvalue weighted by molar-refractivity contribution is 5.99. The molecule has 0 spiro atoms. The quantitative estimate of drug-likeness (QED) is 0.443. The predicted octanol–water partition coefficient (Wildman–Crippen LogP) is 5.61. The van der Waals surface area contributed by atoms with Gasteiger partial charge in [-0.2, -0.15) is 0 Å². The average molecular weight is 486 g/mol. The molecule has 0 bridgehead atoms. The molecule has 2 heterocycles. The molecule has 1 saturated heterocycles. The van der Waals surface area contributed by atoms with Crippen LogP contribution in [-0.2, 0) is 20.7 Å². The first kappa shape index (κ1) is 27.2. The minimum atomic E-state index is -0.699. The molecule has 1 unspecified atom stereocenters. The number of fused-ring (bicyclic) bond motifs is 1. The van der Waals surface area contributed by atoms with Crippen LogP contribution in [0.2, 0.25) is 0 Å². The number of amides is 1. The maximum Gasteiger partial charge on any atom is 0.329 e. The Balaban J connectivity index is 1.89. The Labute approximate surface area is 210 Å². The SMILES string of the molecule is CCC(CC)n1c(C[C@@H]2CCCO2)nc2cc(C(=O)NC(CC(C)C)C(=O)OC(C)(C)C)ccc21. The van der Waals surface area contributed by atoms with Crippen molar-refractivity contribution in [3.05, 3.63) is 29.6 Å². The second kappa shape index (κ2) is 11.5. The van der Waals surface area contributed by atoms with E-state index < -0.39 is 17.6 Å². The van der Waals surface area contributed by atoms with E-state index in [0.29, 0.717) is 18.0 Å². The molecule has 1 fully saturated rings. The van der Waals surface area contributed by atoms with Crippen molar-refractivity contribution in [2.45, 2.75) is 111 Å². The summed E-state index contributed by atoms with van der Waals surface area (Å²) in [6.07, 6.45) is 5.66. The Kier molecular flexibility index (Phi) is 8.97. The van der Waals surface area contributed by atoms with Crippen molar-refractivity contribution in [2.24, 2.45) is 5.92 Å². The molecule has 0 radical (unpaired) electrons. The van der Waals surface area contributed by atoms with Crippen molar-refractivity contribution in [1.82, 2.24) is 14.9 Å². The zero-order chi connectivity index (χ0) is 25.8. The zero-order valence-electron chi connectivity index (χ0n) is 22.5. The molecule has 1 aliphatic heterocycles. The van der Waals surface area contributed by atoms with E-state index in [1.54, 1.807) is 0 Å². The Hall–Kier alpha value is -2.41. The molecule has 2 atom stereocenters. The number of benzene rings is 1. The number of aromatic nitrogens is 2. The first-order chi connectivity index (χ1) is 16.5. The zero-order valence-corrected chi connectivity index (χ0v) is 22.5. The van der Waals surface area contributed by atoms with Gasteiger partial charge in [-0.05, 0) is 77.0 Å². The number of esters is 1. The molecule has 7 nitrogen and oxygen atoms in total. The molecule has 1 aromatic carbocycles. The van der Waals surface area contributed by atoms with Crippen LogP contribution in [-0.4, -0.2) is 45.8 Å². The van der Waals surface area contributed by atoms with Crippen molar-refractivity contribution < 1.29 is 19.1 Å². The highest BCUT2D eigenvalue weighted by Gasteiger charge is 2.28. The summed E-state index contributed by atoms with van der Waals surface area (Å²) in [6.45, 7) is 14.7. The fourth-order valence-corrected chi connectivity index (χ4v) is 4.80. The highest BCUT2D eigenvalue weighted by atomic mass is 16.6. The van der Waals surface area contributed by atoms with Crippen LogP contribution >= 0.6 is 0 Å². The fourth-order valence-electron chi connectivity index (χ4n) is 4.80. The summed E-state index contributed by atoms with van der Waals surface area (Å²) in [5.74, 6) is 0.551. The number of ether oxygens (including phenoxy) is 2. The van der Waals surface area contributed by atoms with Crippen molar-refractivity contribution in [3.63, 3.8) is 0 Å². The lowest BCUT2D eigenvalue weighted by molar-refractivity contribution is -0.157. The molecule has 3 rings (SSSR count). The number of nitrogens with one attached hydrogen (secondary N) is 1. The van der Waals surface area contributed by atoms with Crippen LogP contribution in [0.1, 0.15) is 103 Å². The first-order valence-electron chi connectivity index (χ1n) is 13.2. The lowest BCUT2D eigenvalue weighted by Gasteiger charge is -2.25. The van der Waals surface area contributed by atoms with E-state index in [9.17, 15) is 9.59 Å². The Morgan fingerprint density at radius 3 is 2.51 bits per heavy atom. The Morgan fingerprint density at radius 1 is 1.23 bits per heavy atom. The van der Waals surface area contributed by atoms with Crippen molar-refractivity contribution in [3.8, 4) is 0 Å². The van der Waals surface area contributed by atoms with Gasteiger partial charge in [-0.25, -0.2) is 9.78 Å². The van der Waals surface area contributed by atoms with Gasteiger partial charge in [-0.1, -0.05) is 27.7 Å². The Morgan fingerprint density at radius 2 is 1.94 bits per heavy atom. The smallest absolute Gasteiger partial charge is 0.329 e. The van der Waals surface area contributed by atoms with Crippen LogP contribution in [0.15, 0.2) is 18.2 Å². The minimum Gasteiger partial charge on any atom is -0.458 e. The number of hydrogen-bond acceptors (Lipinski definition) is 5. The summed E-state index contributed by atoms with van der Waals surface area (Å²) >= 11 is 0. The van der Waals surface area contributed by atoms with Crippen LogP contribution in [0.3, 0.4) is 0 Å². The molecule has 1 aromatic heterocycles. The third kappa shape index (κ3) is 7.06. The van der Waals surface area contributed by atoms with Gasteiger partial charge >= 0.3 is 5.97 Å². The third-order valence-corrected chi connectivity index (χ3v) is 6.47. The molecule has 35 heavy (non-hydrogen) atoms. The van der Waals surface area contributed by atoms with Crippen LogP contribution < -0.4 is 5.32 Å². The standard InChI is InChI=1S/C28H43N3O4/c1-8-20(9-2)31-24-13-12-19(16-22(24)29-25(31)17-21-11-10-14-34-21)26(32)30-23(15-18(3)4)27(33)35-28(5,6)7/h12-13,16,18,20-21,23H,8-11,14-15,17H2,1-7H3,(H,30,32)/t21-,23?/m0/s1. The summed E-state index contributed by atoms with van der Waals surface area (Å²) < 4.78 is 13.8. The number of hydrogen-bond donors (Lipinski definition) is 1. The average Bonchev–Trinajstić information content (AvgIpc) is 3.40. The summed E-state index contributed by atoms with van der Waals surface area (Å²) in [6, 6.07) is 5.30. The normalized spacial score (nSPS) is 17.3. The molecule has 2 aromatic rings. The lowest BCUT2D eigenvalue weighted by atomic mass is 10.0. The monoisotopic (exact) mass is 485 g/mol. The van der Waals surface area contributed by atoms with Crippen molar-refractivity contribution in [1.29, 1.82) is 0 Å². The summed E-state index contributed by atoms with van der Waals surface area (Å²) in [5, 5.41) is 2.91. The second-order valence-corrected chi connectivity index (χ2v) is 11.1. The molecule has 0 aliphatic carbocycles. The molecule has 1 N–H and O–H groups in total. The van der Waals surface area contributed by atoms with Gasteiger partial charge in [0.05, 0.1) is 17.1 Å². The summed E-state index contributed by atoms with van der Waals surface area (Å²) in [7, 11) is 0. The predicted molar refractivity (Wildman–Crippen MR) is 139 cm³/mol. The lowest BCUT2D eigenvalue weighted by Crippen LogP contribution is -2.44. The van der Waals surface area contributed by atoms with Gasteiger partial charge in [0, 0.05) is 24.6 Å². The largest absolute Gasteiger partial charge is 0.458 e. The van der Waals surface area contributed by atoms with Gasteiger partial charge in [-0.15, -0.1) is 0 Å². The van der Waals surface area contributed by atoms with Gasteiger partial charge < -0.3 is 19.4 Å². The van der Waals surface area contributed by atoms with E-state index in [1.807, 2.05) is 52.8 Å². The van der Waals surface area contributed by atoms with E-state index >= 15 is 0 Å². The van der Waals surface area contributed by atoms with Crippen LogP contribution in [0.5, 0.6) is 0 Å². The number of rotatable bonds is 10. The van der Waals surface area contributed by atoms with Gasteiger partial charge in [0.1, 0.15) is 17.5 Å². The van der Waals surface area contributed by atoms with Crippen LogP contribution in [0.25, 0.3) is 11.0 Å². The van der Waals surface area contributed by atoms with Crippen molar-refractivity contribution >= 4 is 22.9 Å². The third-order valence-electron chi connectivity index (χ3n) is 6.47. The number of carbonyl (C=O) groups is 2. The maximum absolute atomic E-state index is 13.2. The summed E-state index contributed by atoms with van der Waals surface area (Å²) in [4.78, 5) is 30.9. The molecule has 0 saturated carbocycles. The highest BCUT2D eigenvalue weighted by Crippen LogP contribution is 2.29. The van der Waals surface area contributed by atoms with E-state index in [4.69, 9.17) is 14.5 Å². The van der Waals surface area contributed by atoms with E-state index in [1.165, 1.54) is 0 Å². The first-order valence-corrected chi connectivity index (χ1v) is 13.2. The Bertz CT molecular complexity index is 1010. The minimum absolute atomic E-state index is 0.202. The number of nitrogens with zero attached hydrogens (tertiary/aromatic N) is 2. The molecule has 1 aliphatic rings. The van der Waals surface area contributed by atoms with Gasteiger partial charge in [-0.3, -0.25) is 4.79 Å². The second-order valence-electron chi connectivity index (χ2n) is 11.1. The summed E-state index contributed by atoms with van der Waals surface area (Å²) in [5.41, 5.74) is 1.72. The topological polar surface area (TPSA) is 82.5 Å². The van der Waals surface area contributed by atoms with E-state index in [-0.39, 0.29) is 17.9 Å². The van der Waals surface area contributed by atoms with Crippen molar-refractivity contribution in [2.75, 3.05) is 6.61 Å². The fraction of sp³-hybridized carbons (Fsp3) is 0.679. The molecule has 1 amide bonds. The van der Waals surface area contributed by atoms with Crippen LogP contribution in [0, 0.1) is 5.92 Å². The van der Waals surface area contributed by atoms with Gasteiger partial charge in [0.15, 0.2) is 0 Å². The number of carbonyl (C=O) groups excluding carboxylic acids is 2. The molecular formula is C28H43N3O4. The molecule has 194 valence electrons. The number of imidazole rings is 1. The molecular weight excluding hydrogens is 442 g/mol. The molecule has 7 heteroatoms. The van der Waals surface area contributed by atoms with E-state index in [2.05, 4.69) is 23.7 Å². The maximum atomic E-state index is 13.2. The van der Waals surface area contributed by atoms with E-state index in [0.717, 1.165) is 55.6 Å². The van der Waals surface area contributed by atoms with Gasteiger partial charge in [0.25, 0.3) is 5.91 Å². The van der Waals surface area contributed by atoms with Crippen LogP contribution in [0.4, 0.5) is 0 Å².